The Morgan fingerprint density at radius 3 is 2.73 bits per heavy atom. The maximum Gasteiger partial charge on any atom is 0.108 e. The summed E-state index contributed by atoms with van der Waals surface area (Å²) in [6.07, 6.45) is 4.69. The van der Waals surface area contributed by atoms with E-state index in [4.69, 9.17) is 4.74 Å². The van der Waals surface area contributed by atoms with Crippen LogP contribution in [0.2, 0.25) is 0 Å². The molecule has 0 amide bonds. The van der Waals surface area contributed by atoms with Gasteiger partial charge in [0.15, 0.2) is 0 Å². The zero-order valence-electron chi connectivity index (χ0n) is 9.68. The highest BCUT2D eigenvalue weighted by molar-refractivity contribution is 5.09. The van der Waals surface area contributed by atoms with E-state index in [0.29, 0.717) is 6.61 Å². The molecule has 0 aliphatic heterocycles. The van der Waals surface area contributed by atoms with Crippen molar-refractivity contribution in [3.63, 3.8) is 0 Å². The summed E-state index contributed by atoms with van der Waals surface area (Å²) in [4.78, 5) is 0. The lowest BCUT2D eigenvalue weighted by Crippen LogP contribution is -2.22. The van der Waals surface area contributed by atoms with Gasteiger partial charge in [-0.2, -0.15) is 5.10 Å². The number of hydrogen-bond acceptors (Lipinski definition) is 3. The molecule has 0 aliphatic rings. The van der Waals surface area contributed by atoms with Crippen molar-refractivity contribution in [1.82, 2.24) is 9.78 Å². The van der Waals surface area contributed by atoms with Gasteiger partial charge in [-0.3, -0.25) is 4.68 Å². The van der Waals surface area contributed by atoms with Crippen molar-refractivity contribution in [2.24, 2.45) is 7.05 Å². The third kappa shape index (κ3) is 3.32. The number of aliphatic hydroxyl groups excluding tert-OH is 1. The number of nitrogens with zero attached hydrogens (tertiary/aromatic N) is 2. The molecule has 0 fully saturated rings. The highest BCUT2D eigenvalue weighted by atomic mass is 16.5. The van der Waals surface area contributed by atoms with E-state index in [2.05, 4.69) is 12.0 Å². The van der Waals surface area contributed by atoms with Gasteiger partial charge in [0.25, 0.3) is 0 Å². The lowest BCUT2D eigenvalue weighted by atomic mass is 10.0. The molecule has 4 heteroatoms. The van der Waals surface area contributed by atoms with E-state index in [1.54, 1.807) is 10.9 Å². The minimum atomic E-state index is -0.571. The molecule has 1 aromatic heterocycles. The van der Waals surface area contributed by atoms with Crippen LogP contribution in [0.15, 0.2) is 12.4 Å². The van der Waals surface area contributed by atoms with Gasteiger partial charge in [-0.25, -0.2) is 0 Å². The van der Waals surface area contributed by atoms with Crippen molar-refractivity contribution in [2.75, 3.05) is 6.61 Å². The Labute approximate surface area is 90.9 Å². The largest absolute Gasteiger partial charge is 0.386 e. The van der Waals surface area contributed by atoms with Gasteiger partial charge >= 0.3 is 0 Å². The normalized spacial score (nSPS) is 15.2. The number of ether oxygens (including phenoxy) is 1. The Morgan fingerprint density at radius 1 is 1.53 bits per heavy atom. The molecule has 0 spiro atoms. The first kappa shape index (κ1) is 12.2. The highest BCUT2D eigenvalue weighted by Crippen LogP contribution is 2.21. The van der Waals surface area contributed by atoms with E-state index in [1.807, 2.05) is 20.2 Å². The third-order valence-corrected chi connectivity index (χ3v) is 2.37. The monoisotopic (exact) mass is 212 g/mol. The first-order valence-corrected chi connectivity index (χ1v) is 5.47. The molecule has 1 N–H and O–H groups in total. The summed E-state index contributed by atoms with van der Waals surface area (Å²) in [5.41, 5.74) is 0.824. The van der Waals surface area contributed by atoms with Gasteiger partial charge in [0.1, 0.15) is 6.10 Å². The Balaban J connectivity index is 2.66. The van der Waals surface area contributed by atoms with Crippen LogP contribution in [0.5, 0.6) is 0 Å². The Hall–Kier alpha value is -0.870. The second kappa shape index (κ2) is 5.88. The first-order valence-electron chi connectivity index (χ1n) is 5.47. The van der Waals surface area contributed by atoms with Crippen molar-refractivity contribution in [1.29, 1.82) is 0 Å². The lowest BCUT2D eigenvalue weighted by molar-refractivity contribution is -0.0385. The molecular weight excluding hydrogens is 192 g/mol. The average molecular weight is 212 g/mol. The molecule has 15 heavy (non-hydrogen) atoms. The second-order valence-corrected chi connectivity index (χ2v) is 3.67. The summed E-state index contributed by atoms with van der Waals surface area (Å²) >= 11 is 0. The van der Waals surface area contributed by atoms with Gasteiger partial charge in [0, 0.05) is 25.4 Å². The molecule has 1 rings (SSSR count). The third-order valence-electron chi connectivity index (χ3n) is 2.37. The molecular formula is C11H20N2O2. The van der Waals surface area contributed by atoms with Crippen LogP contribution in [0, 0.1) is 0 Å². The quantitative estimate of drug-likeness (QED) is 0.780. The van der Waals surface area contributed by atoms with Crippen molar-refractivity contribution in [2.45, 2.75) is 38.9 Å². The summed E-state index contributed by atoms with van der Waals surface area (Å²) in [7, 11) is 1.84. The van der Waals surface area contributed by atoms with Crippen LogP contribution in [-0.2, 0) is 11.8 Å². The topological polar surface area (TPSA) is 47.3 Å². The number of aromatic nitrogens is 2. The fraction of sp³-hybridized carbons (Fsp3) is 0.727. The van der Waals surface area contributed by atoms with Gasteiger partial charge in [-0.1, -0.05) is 13.3 Å². The first-order chi connectivity index (χ1) is 7.19. The van der Waals surface area contributed by atoms with Crippen LogP contribution < -0.4 is 0 Å². The molecule has 0 saturated carbocycles. The van der Waals surface area contributed by atoms with E-state index in [9.17, 15) is 5.11 Å². The maximum atomic E-state index is 10.1. The molecule has 0 radical (unpaired) electrons. The second-order valence-electron chi connectivity index (χ2n) is 3.67. The fourth-order valence-corrected chi connectivity index (χ4v) is 1.64. The summed E-state index contributed by atoms with van der Waals surface area (Å²) in [6, 6.07) is 0. The maximum absolute atomic E-state index is 10.1. The number of aryl methyl sites for hydroxylation is 1. The summed E-state index contributed by atoms with van der Waals surface area (Å²) in [6.45, 7) is 4.66. The van der Waals surface area contributed by atoms with Crippen LogP contribution in [0.1, 0.15) is 38.4 Å². The predicted molar refractivity (Wildman–Crippen MR) is 58.5 cm³/mol. The van der Waals surface area contributed by atoms with E-state index in [-0.39, 0.29) is 6.10 Å². The van der Waals surface area contributed by atoms with Crippen LogP contribution in [-0.4, -0.2) is 27.6 Å². The van der Waals surface area contributed by atoms with Gasteiger partial charge in [0.2, 0.25) is 0 Å². The molecule has 0 aliphatic carbocycles. The predicted octanol–water partition coefficient (Wildman–Crippen LogP) is 1.66. The van der Waals surface area contributed by atoms with E-state index in [0.717, 1.165) is 18.4 Å². The average Bonchev–Trinajstić information content (AvgIpc) is 2.63. The summed E-state index contributed by atoms with van der Waals surface area (Å²) < 4.78 is 7.21. The molecule has 1 heterocycles. The van der Waals surface area contributed by atoms with Crippen LogP contribution >= 0.6 is 0 Å². The Morgan fingerprint density at radius 2 is 2.27 bits per heavy atom. The standard InChI is InChI=1S/C11H20N2O2/c1-4-6-10(15-5-2)11(14)9-7-12-13(3)8-9/h7-8,10-11,14H,4-6H2,1-3H3. The van der Waals surface area contributed by atoms with Crippen molar-refractivity contribution >= 4 is 0 Å². The lowest BCUT2D eigenvalue weighted by Gasteiger charge is -2.21. The molecule has 86 valence electrons. The van der Waals surface area contributed by atoms with Gasteiger partial charge in [0.05, 0.1) is 12.3 Å². The van der Waals surface area contributed by atoms with E-state index in [1.165, 1.54) is 0 Å². The summed E-state index contributed by atoms with van der Waals surface area (Å²) in [5, 5.41) is 14.1. The highest BCUT2D eigenvalue weighted by Gasteiger charge is 2.21. The molecule has 0 aromatic carbocycles. The molecule has 2 atom stereocenters. The minimum Gasteiger partial charge on any atom is -0.386 e. The molecule has 2 unspecified atom stereocenters. The molecule has 4 nitrogen and oxygen atoms in total. The van der Waals surface area contributed by atoms with Crippen molar-refractivity contribution in [3.05, 3.63) is 18.0 Å². The summed E-state index contributed by atoms with van der Waals surface area (Å²) in [5.74, 6) is 0. The molecule has 0 saturated heterocycles. The smallest absolute Gasteiger partial charge is 0.108 e. The van der Waals surface area contributed by atoms with Crippen LogP contribution in [0.3, 0.4) is 0 Å². The van der Waals surface area contributed by atoms with Gasteiger partial charge in [-0.05, 0) is 13.3 Å². The van der Waals surface area contributed by atoms with Gasteiger partial charge < -0.3 is 9.84 Å². The van der Waals surface area contributed by atoms with E-state index >= 15 is 0 Å². The fourth-order valence-electron chi connectivity index (χ4n) is 1.64. The zero-order valence-corrected chi connectivity index (χ0v) is 9.68. The Bertz CT molecular complexity index is 280. The van der Waals surface area contributed by atoms with Gasteiger partial charge in [-0.15, -0.1) is 0 Å². The Kier molecular flexibility index (Phi) is 4.78. The number of aliphatic hydroxyl groups is 1. The number of hydrogen-bond donors (Lipinski definition) is 1. The SMILES string of the molecule is CCCC(OCC)C(O)c1cnn(C)c1. The minimum absolute atomic E-state index is 0.121. The van der Waals surface area contributed by atoms with Crippen LogP contribution in [0.25, 0.3) is 0 Å². The van der Waals surface area contributed by atoms with Crippen LogP contribution in [0.4, 0.5) is 0 Å². The van der Waals surface area contributed by atoms with E-state index < -0.39 is 6.10 Å². The number of rotatable bonds is 6. The molecule has 0 bridgehead atoms. The molecule has 1 aromatic rings. The zero-order chi connectivity index (χ0) is 11.3. The van der Waals surface area contributed by atoms with Crippen molar-refractivity contribution < 1.29 is 9.84 Å². The van der Waals surface area contributed by atoms with Crippen molar-refractivity contribution in [3.8, 4) is 0 Å².